The highest BCUT2D eigenvalue weighted by atomic mass is 16.2. The van der Waals surface area contributed by atoms with Gasteiger partial charge in [-0.15, -0.1) is 0 Å². The van der Waals surface area contributed by atoms with Crippen LogP contribution in [-0.4, -0.2) is 72.3 Å². The second-order valence-corrected chi connectivity index (χ2v) is 8.78. The fraction of sp³-hybridized carbons (Fsp3) is 0.357. The molecule has 0 bridgehead atoms. The summed E-state index contributed by atoms with van der Waals surface area (Å²) in [7, 11) is 0. The highest BCUT2D eigenvalue weighted by Gasteiger charge is 2.31. The molecule has 4 rings (SSSR count). The van der Waals surface area contributed by atoms with Gasteiger partial charge in [-0.2, -0.15) is 0 Å². The predicted octanol–water partition coefficient (Wildman–Crippen LogP) is 3.80. The quantitative estimate of drug-likeness (QED) is 0.638. The van der Waals surface area contributed by atoms with Gasteiger partial charge in [-0.25, -0.2) is 0 Å². The maximum absolute atomic E-state index is 13.0. The molecule has 0 spiro atoms. The number of piperidine rings is 1. The van der Waals surface area contributed by atoms with E-state index in [4.69, 9.17) is 0 Å². The molecule has 0 atom stereocenters. The van der Waals surface area contributed by atoms with E-state index in [9.17, 15) is 9.59 Å². The molecule has 2 aromatic carbocycles. The van der Waals surface area contributed by atoms with E-state index in [1.165, 1.54) is 5.56 Å². The number of hydrogen-bond acceptors (Lipinski definition) is 3. The van der Waals surface area contributed by atoms with Crippen molar-refractivity contribution < 1.29 is 9.59 Å². The van der Waals surface area contributed by atoms with Gasteiger partial charge in [0, 0.05) is 57.8 Å². The number of benzene rings is 2. The van der Waals surface area contributed by atoms with Crippen molar-refractivity contribution in [1.82, 2.24) is 14.7 Å². The van der Waals surface area contributed by atoms with Crippen LogP contribution >= 0.6 is 0 Å². The molecule has 2 aromatic rings. The molecule has 2 heterocycles. The third kappa shape index (κ3) is 6.65. The Hall–Kier alpha value is -3.18. The maximum atomic E-state index is 13.0. The number of hydrogen-bond donors (Lipinski definition) is 0. The monoisotopic (exact) mass is 443 g/mol. The fourth-order valence-corrected chi connectivity index (χ4v) is 4.49. The molecule has 172 valence electrons. The second-order valence-electron chi connectivity index (χ2n) is 8.78. The van der Waals surface area contributed by atoms with Crippen molar-refractivity contribution >= 4 is 24.0 Å². The minimum absolute atomic E-state index is 0.0296. The van der Waals surface area contributed by atoms with Gasteiger partial charge in [0.25, 0.3) is 0 Å². The summed E-state index contributed by atoms with van der Waals surface area (Å²) in [5, 5.41) is 0. The molecule has 0 aromatic heterocycles. The van der Waals surface area contributed by atoms with E-state index in [1.54, 1.807) is 6.08 Å². The Labute approximate surface area is 197 Å². The third-order valence-electron chi connectivity index (χ3n) is 6.53. The lowest BCUT2D eigenvalue weighted by molar-refractivity contribution is -0.140. The first kappa shape index (κ1) is 23.0. The molecule has 0 saturated carbocycles. The Morgan fingerprint density at radius 2 is 1.30 bits per heavy atom. The number of likely N-dealkylation sites (tertiary alicyclic amines) is 1. The molecular formula is C28H33N3O2. The molecule has 2 aliphatic heterocycles. The molecule has 2 amide bonds. The average Bonchev–Trinajstić information content (AvgIpc) is 2.88. The molecular weight excluding hydrogens is 410 g/mol. The van der Waals surface area contributed by atoms with Crippen molar-refractivity contribution in [2.24, 2.45) is 5.92 Å². The molecule has 2 aliphatic rings. The van der Waals surface area contributed by atoms with Crippen LogP contribution in [0.4, 0.5) is 0 Å². The molecule has 0 radical (unpaired) electrons. The molecule has 2 saturated heterocycles. The van der Waals surface area contributed by atoms with E-state index in [1.807, 2.05) is 64.4 Å². The standard InChI is InChI=1S/C28H33N3O2/c32-27(14-13-25-10-5-2-6-11-25)30-18-15-26(16-19-30)28(33)31-22-20-29(21-23-31)17-7-12-24-8-3-1-4-9-24/h1-14,26H,15-23H2/b12-7+,14-13+. The van der Waals surface area contributed by atoms with Crippen molar-refractivity contribution in [3.8, 4) is 0 Å². The van der Waals surface area contributed by atoms with Gasteiger partial charge in [0.05, 0.1) is 0 Å². The maximum Gasteiger partial charge on any atom is 0.246 e. The van der Waals surface area contributed by atoms with Crippen LogP contribution in [0.15, 0.2) is 72.8 Å². The van der Waals surface area contributed by atoms with Gasteiger partial charge in [-0.05, 0) is 30.0 Å². The highest BCUT2D eigenvalue weighted by Crippen LogP contribution is 2.21. The Balaban J connectivity index is 1.17. The smallest absolute Gasteiger partial charge is 0.246 e. The van der Waals surface area contributed by atoms with Crippen LogP contribution in [0.5, 0.6) is 0 Å². The Kier molecular flexibility index (Phi) is 8.09. The van der Waals surface area contributed by atoms with Crippen molar-refractivity contribution in [3.05, 3.63) is 83.9 Å². The number of amides is 2. The largest absolute Gasteiger partial charge is 0.340 e. The first-order valence-corrected chi connectivity index (χ1v) is 11.9. The Bertz CT molecular complexity index is 955. The number of rotatable bonds is 6. The van der Waals surface area contributed by atoms with Crippen molar-refractivity contribution in [2.75, 3.05) is 45.8 Å². The average molecular weight is 444 g/mol. The van der Waals surface area contributed by atoms with Crippen molar-refractivity contribution in [1.29, 1.82) is 0 Å². The van der Waals surface area contributed by atoms with Gasteiger partial charge in [-0.1, -0.05) is 72.8 Å². The normalized spacial score (nSPS) is 18.3. The highest BCUT2D eigenvalue weighted by molar-refractivity contribution is 5.92. The Morgan fingerprint density at radius 1 is 0.727 bits per heavy atom. The molecule has 2 fully saturated rings. The molecule has 0 unspecified atom stereocenters. The molecule has 5 nitrogen and oxygen atoms in total. The first-order valence-electron chi connectivity index (χ1n) is 11.9. The lowest BCUT2D eigenvalue weighted by Gasteiger charge is -2.38. The number of piperazine rings is 1. The molecule has 0 aliphatic carbocycles. The van der Waals surface area contributed by atoms with Crippen molar-refractivity contribution in [2.45, 2.75) is 12.8 Å². The van der Waals surface area contributed by atoms with E-state index in [0.717, 1.165) is 51.1 Å². The van der Waals surface area contributed by atoms with Crippen LogP contribution in [0, 0.1) is 5.92 Å². The summed E-state index contributed by atoms with van der Waals surface area (Å²) in [5.41, 5.74) is 2.23. The summed E-state index contributed by atoms with van der Waals surface area (Å²) in [5.74, 6) is 0.333. The summed E-state index contributed by atoms with van der Waals surface area (Å²) in [4.78, 5) is 31.8. The van der Waals surface area contributed by atoms with Crippen LogP contribution in [0.2, 0.25) is 0 Å². The SMILES string of the molecule is O=C(/C=C/c1ccccc1)N1CCC(C(=O)N2CCN(C/C=C/c3ccccc3)CC2)CC1. The van der Waals surface area contributed by atoms with E-state index < -0.39 is 0 Å². The predicted molar refractivity (Wildman–Crippen MR) is 133 cm³/mol. The van der Waals surface area contributed by atoms with E-state index in [-0.39, 0.29) is 17.7 Å². The summed E-state index contributed by atoms with van der Waals surface area (Å²) < 4.78 is 0. The topological polar surface area (TPSA) is 43.9 Å². The lowest BCUT2D eigenvalue weighted by atomic mass is 9.95. The zero-order valence-corrected chi connectivity index (χ0v) is 19.2. The minimum atomic E-state index is 0.0296. The fourth-order valence-electron chi connectivity index (χ4n) is 4.49. The van der Waals surface area contributed by atoms with Gasteiger partial charge in [0.2, 0.25) is 11.8 Å². The van der Waals surface area contributed by atoms with E-state index in [2.05, 4.69) is 29.2 Å². The van der Waals surface area contributed by atoms with Crippen LogP contribution in [0.25, 0.3) is 12.2 Å². The Morgan fingerprint density at radius 3 is 1.91 bits per heavy atom. The van der Waals surface area contributed by atoms with Gasteiger partial charge < -0.3 is 9.80 Å². The van der Waals surface area contributed by atoms with Gasteiger partial charge >= 0.3 is 0 Å². The van der Waals surface area contributed by atoms with Crippen molar-refractivity contribution in [3.63, 3.8) is 0 Å². The number of carbonyl (C=O) groups is 2. The van der Waals surface area contributed by atoms with Crippen LogP contribution < -0.4 is 0 Å². The van der Waals surface area contributed by atoms with Gasteiger partial charge in [0.1, 0.15) is 0 Å². The van der Waals surface area contributed by atoms with E-state index in [0.29, 0.717) is 13.1 Å². The number of nitrogens with zero attached hydrogens (tertiary/aromatic N) is 3. The van der Waals surface area contributed by atoms with Gasteiger partial charge in [0.15, 0.2) is 0 Å². The molecule has 5 heteroatoms. The van der Waals surface area contributed by atoms with Crippen LogP contribution in [0.1, 0.15) is 24.0 Å². The summed E-state index contributed by atoms with van der Waals surface area (Å²) in [6.07, 6.45) is 9.36. The molecule has 0 N–H and O–H groups in total. The third-order valence-corrected chi connectivity index (χ3v) is 6.53. The zero-order chi connectivity index (χ0) is 22.9. The first-order chi connectivity index (χ1) is 16.2. The minimum Gasteiger partial charge on any atom is -0.340 e. The second kappa shape index (κ2) is 11.6. The number of carbonyl (C=O) groups excluding carboxylic acids is 2. The lowest BCUT2D eigenvalue weighted by Crippen LogP contribution is -2.51. The summed E-state index contributed by atoms with van der Waals surface area (Å²) in [6, 6.07) is 20.2. The summed E-state index contributed by atoms with van der Waals surface area (Å²) >= 11 is 0. The molecule has 33 heavy (non-hydrogen) atoms. The van der Waals surface area contributed by atoms with Crippen LogP contribution in [-0.2, 0) is 9.59 Å². The van der Waals surface area contributed by atoms with Crippen LogP contribution in [0.3, 0.4) is 0 Å². The zero-order valence-electron chi connectivity index (χ0n) is 19.2. The summed E-state index contributed by atoms with van der Waals surface area (Å²) in [6.45, 7) is 5.61. The van der Waals surface area contributed by atoms with Gasteiger partial charge in [-0.3, -0.25) is 14.5 Å². The van der Waals surface area contributed by atoms with E-state index >= 15 is 0 Å².